The number of benzene rings is 1. The van der Waals surface area contributed by atoms with Crippen LogP contribution in [0, 0.1) is 6.92 Å². The van der Waals surface area contributed by atoms with Crippen LogP contribution < -0.4 is 5.32 Å². The number of halogens is 3. The highest BCUT2D eigenvalue weighted by Crippen LogP contribution is 2.31. The lowest BCUT2D eigenvalue weighted by atomic mass is 10.0. The van der Waals surface area contributed by atoms with Crippen LogP contribution in [-0.4, -0.2) is 52.5 Å². The number of nitrogens with one attached hydrogen (secondary N) is 1. The summed E-state index contributed by atoms with van der Waals surface area (Å²) >= 11 is 0. The van der Waals surface area contributed by atoms with Crippen LogP contribution in [0.1, 0.15) is 25.5 Å². The molecule has 2 N–H and O–H groups in total. The van der Waals surface area contributed by atoms with Crippen LogP contribution >= 0.6 is 0 Å². The van der Waals surface area contributed by atoms with Gasteiger partial charge in [-0.05, 0) is 44.9 Å². The van der Waals surface area contributed by atoms with Crippen LogP contribution in [0.2, 0.25) is 0 Å². The molecule has 1 unspecified atom stereocenters. The summed E-state index contributed by atoms with van der Waals surface area (Å²) in [7, 11) is 0. The SMILES string of the molecule is Cc1cc2c(NC3CCN(CC(C)O)CC3)cccc2n1CC(F)(F)F. The Balaban J connectivity index is 1.74. The molecule has 3 rings (SSSR count). The van der Waals surface area contributed by atoms with E-state index < -0.39 is 12.7 Å². The zero-order valence-electron chi connectivity index (χ0n) is 15.2. The minimum Gasteiger partial charge on any atom is -0.392 e. The molecular formula is C19H26F3N3O. The summed E-state index contributed by atoms with van der Waals surface area (Å²) in [4.78, 5) is 2.24. The average molecular weight is 369 g/mol. The first-order chi connectivity index (χ1) is 12.2. The minimum absolute atomic E-state index is 0.289. The van der Waals surface area contributed by atoms with Gasteiger partial charge >= 0.3 is 6.18 Å². The first-order valence-corrected chi connectivity index (χ1v) is 9.05. The number of piperidine rings is 1. The molecule has 0 saturated carbocycles. The minimum atomic E-state index is -4.24. The predicted octanol–water partition coefficient (Wildman–Crippen LogP) is 3.77. The van der Waals surface area contributed by atoms with E-state index in [9.17, 15) is 18.3 Å². The Kier molecular flexibility index (Phi) is 5.48. The number of aromatic nitrogens is 1. The highest BCUT2D eigenvalue weighted by atomic mass is 19.4. The van der Waals surface area contributed by atoms with Crippen LogP contribution in [0.5, 0.6) is 0 Å². The molecule has 0 amide bonds. The second kappa shape index (κ2) is 7.48. The van der Waals surface area contributed by atoms with Crippen molar-refractivity contribution in [2.75, 3.05) is 25.0 Å². The number of aryl methyl sites for hydroxylation is 1. The van der Waals surface area contributed by atoms with Gasteiger partial charge in [-0.15, -0.1) is 0 Å². The van der Waals surface area contributed by atoms with Crippen LogP contribution in [0.3, 0.4) is 0 Å². The van der Waals surface area contributed by atoms with Crippen molar-refractivity contribution in [3.05, 3.63) is 30.0 Å². The number of nitrogens with zero attached hydrogens (tertiary/aromatic N) is 2. The van der Waals surface area contributed by atoms with Gasteiger partial charge in [0, 0.05) is 42.4 Å². The topological polar surface area (TPSA) is 40.4 Å². The number of anilines is 1. The molecule has 1 aliphatic heterocycles. The molecule has 0 bridgehead atoms. The van der Waals surface area contributed by atoms with E-state index in [1.54, 1.807) is 26.0 Å². The number of β-amino-alcohol motifs (C(OH)–C–C–N with tert-alkyl or cyclic N) is 1. The van der Waals surface area contributed by atoms with Gasteiger partial charge in [0.25, 0.3) is 0 Å². The zero-order valence-corrected chi connectivity index (χ0v) is 15.2. The van der Waals surface area contributed by atoms with Crippen LogP contribution in [0.25, 0.3) is 10.9 Å². The number of fused-ring (bicyclic) bond motifs is 1. The molecule has 2 aromatic rings. The van der Waals surface area contributed by atoms with Gasteiger partial charge in [-0.3, -0.25) is 0 Å². The second-order valence-electron chi connectivity index (χ2n) is 7.29. The maximum atomic E-state index is 12.9. The Bertz CT molecular complexity index is 746. The Morgan fingerprint density at radius 1 is 1.27 bits per heavy atom. The van der Waals surface area contributed by atoms with Gasteiger partial charge in [0.1, 0.15) is 6.54 Å². The van der Waals surface area contributed by atoms with Gasteiger partial charge in [-0.1, -0.05) is 6.07 Å². The van der Waals surface area contributed by atoms with Crippen molar-refractivity contribution in [1.82, 2.24) is 9.47 Å². The van der Waals surface area contributed by atoms with Crippen molar-refractivity contribution in [2.45, 2.75) is 51.6 Å². The third-order valence-corrected chi connectivity index (χ3v) is 4.96. The van der Waals surface area contributed by atoms with E-state index in [0.29, 0.717) is 17.8 Å². The molecule has 0 spiro atoms. The number of alkyl halides is 3. The monoisotopic (exact) mass is 369 g/mol. The summed E-state index contributed by atoms with van der Waals surface area (Å²) < 4.78 is 39.9. The Labute approximate surface area is 151 Å². The average Bonchev–Trinajstić information content (AvgIpc) is 2.84. The van der Waals surface area contributed by atoms with E-state index in [1.807, 2.05) is 12.1 Å². The number of rotatable bonds is 5. The molecule has 1 atom stereocenters. The summed E-state index contributed by atoms with van der Waals surface area (Å²) in [6, 6.07) is 7.59. The van der Waals surface area contributed by atoms with E-state index in [1.165, 1.54) is 4.57 Å². The van der Waals surface area contributed by atoms with Crippen LogP contribution in [0.4, 0.5) is 18.9 Å². The number of likely N-dealkylation sites (tertiary alicyclic amines) is 1. The third-order valence-electron chi connectivity index (χ3n) is 4.96. The van der Waals surface area contributed by atoms with Crippen molar-refractivity contribution in [1.29, 1.82) is 0 Å². The summed E-state index contributed by atoms with van der Waals surface area (Å²) in [5.41, 5.74) is 2.11. The molecule has 1 saturated heterocycles. The molecule has 1 aromatic carbocycles. The lowest BCUT2D eigenvalue weighted by molar-refractivity contribution is -0.140. The van der Waals surface area contributed by atoms with Gasteiger partial charge < -0.3 is 19.9 Å². The molecule has 0 aliphatic carbocycles. The van der Waals surface area contributed by atoms with Crippen molar-refractivity contribution >= 4 is 16.6 Å². The van der Waals surface area contributed by atoms with Crippen molar-refractivity contribution in [3.8, 4) is 0 Å². The molecule has 144 valence electrons. The van der Waals surface area contributed by atoms with E-state index >= 15 is 0 Å². The lowest BCUT2D eigenvalue weighted by Crippen LogP contribution is -2.41. The largest absolute Gasteiger partial charge is 0.406 e. The summed E-state index contributed by atoms with van der Waals surface area (Å²) in [6.07, 6.45) is -2.67. The summed E-state index contributed by atoms with van der Waals surface area (Å²) in [5, 5.41) is 13.8. The maximum Gasteiger partial charge on any atom is 0.406 e. The maximum absolute atomic E-state index is 12.9. The molecule has 1 aliphatic rings. The van der Waals surface area contributed by atoms with Crippen LogP contribution in [-0.2, 0) is 6.54 Å². The highest BCUT2D eigenvalue weighted by molar-refractivity contribution is 5.93. The van der Waals surface area contributed by atoms with Gasteiger partial charge in [0.15, 0.2) is 0 Å². The smallest absolute Gasteiger partial charge is 0.392 e. The van der Waals surface area contributed by atoms with Crippen molar-refractivity contribution in [3.63, 3.8) is 0 Å². The number of hydrogen-bond donors (Lipinski definition) is 2. The number of aliphatic hydroxyl groups excluding tert-OH is 1. The Morgan fingerprint density at radius 3 is 2.58 bits per heavy atom. The zero-order chi connectivity index (χ0) is 18.9. The molecular weight excluding hydrogens is 343 g/mol. The van der Waals surface area contributed by atoms with E-state index in [2.05, 4.69) is 10.2 Å². The first-order valence-electron chi connectivity index (χ1n) is 9.05. The third kappa shape index (κ3) is 4.51. The Morgan fingerprint density at radius 2 is 1.96 bits per heavy atom. The van der Waals surface area contributed by atoms with Gasteiger partial charge in [0.2, 0.25) is 0 Å². The lowest BCUT2D eigenvalue weighted by Gasteiger charge is -2.33. The van der Waals surface area contributed by atoms with E-state index in [-0.39, 0.29) is 12.1 Å². The summed E-state index contributed by atoms with van der Waals surface area (Å²) in [5.74, 6) is 0. The van der Waals surface area contributed by atoms with Crippen molar-refractivity contribution < 1.29 is 18.3 Å². The fraction of sp³-hybridized carbons (Fsp3) is 0.579. The van der Waals surface area contributed by atoms with Gasteiger partial charge in [-0.25, -0.2) is 0 Å². The molecule has 1 fully saturated rings. The number of aliphatic hydroxyl groups is 1. The molecule has 0 radical (unpaired) electrons. The normalized spacial score (nSPS) is 18.4. The molecule has 26 heavy (non-hydrogen) atoms. The molecule has 2 heterocycles. The van der Waals surface area contributed by atoms with E-state index in [4.69, 9.17) is 0 Å². The second-order valence-corrected chi connectivity index (χ2v) is 7.29. The first kappa shape index (κ1) is 19.0. The highest BCUT2D eigenvalue weighted by Gasteiger charge is 2.29. The molecule has 1 aromatic heterocycles. The Hall–Kier alpha value is -1.73. The fourth-order valence-electron chi connectivity index (χ4n) is 3.79. The van der Waals surface area contributed by atoms with Gasteiger partial charge in [-0.2, -0.15) is 13.2 Å². The van der Waals surface area contributed by atoms with E-state index in [0.717, 1.165) is 37.0 Å². The fourth-order valence-corrected chi connectivity index (χ4v) is 3.79. The quantitative estimate of drug-likeness (QED) is 0.843. The van der Waals surface area contributed by atoms with Crippen LogP contribution in [0.15, 0.2) is 24.3 Å². The number of hydrogen-bond acceptors (Lipinski definition) is 3. The van der Waals surface area contributed by atoms with Gasteiger partial charge in [0.05, 0.1) is 11.6 Å². The molecule has 4 nitrogen and oxygen atoms in total. The molecule has 7 heteroatoms. The summed E-state index contributed by atoms with van der Waals surface area (Å²) in [6.45, 7) is 5.04. The predicted molar refractivity (Wildman–Crippen MR) is 97.5 cm³/mol. The standard InChI is InChI=1S/C19H26F3N3O/c1-13-10-16-17(4-3-5-18(16)25(13)12-19(20,21)22)23-15-6-8-24(9-7-15)11-14(2)26/h3-5,10,14-15,23,26H,6-9,11-12H2,1-2H3. The van der Waals surface area contributed by atoms with Crippen molar-refractivity contribution in [2.24, 2.45) is 0 Å².